The van der Waals surface area contributed by atoms with Gasteiger partial charge in [0.05, 0.1) is 0 Å². The van der Waals surface area contributed by atoms with Crippen molar-refractivity contribution in [3.8, 4) is 0 Å². The standard InChI is InChI=1S/C8H13NO4/c1-3-6(10)9(5-8(12)13)7(11)4-2/h3-4,6-7,10-11H,1-2,5H2,(H,12,13). The molecular formula is C8H13NO4. The van der Waals surface area contributed by atoms with Gasteiger partial charge in [-0.05, 0) is 12.2 Å². The van der Waals surface area contributed by atoms with Crippen molar-refractivity contribution in [3.63, 3.8) is 0 Å². The van der Waals surface area contributed by atoms with Crippen LogP contribution in [0.4, 0.5) is 0 Å². The largest absolute Gasteiger partial charge is 0.480 e. The van der Waals surface area contributed by atoms with Crippen LogP contribution in [0.3, 0.4) is 0 Å². The van der Waals surface area contributed by atoms with Gasteiger partial charge >= 0.3 is 5.97 Å². The van der Waals surface area contributed by atoms with E-state index in [1.807, 2.05) is 0 Å². The number of aliphatic carboxylic acids is 1. The molecule has 74 valence electrons. The summed E-state index contributed by atoms with van der Waals surface area (Å²) in [6.45, 7) is 6.07. The van der Waals surface area contributed by atoms with Gasteiger partial charge in [0.1, 0.15) is 19.0 Å². The van der Waals surface area contributed by atoms with Gasteiger partial charge < -0.3 is 15.3 Å². The SMILES string of the molecule is C=CC(O)N(CC(=O)O)C(O)C=C. The third kappa shape index (κ3) is 3.84. The minimum atomic E-state index is -1.20. The van der Waals surface area contributed by atoms with E-state index in [0.29, 0.717) is 0 Å². The van der Waals surface area contributed by atoms with Gasteiger partial charge in [0.2, 0.25) is 0 Å². The van der Waals surface area contributed by atoms with Crippen molar-refractivity contribution >= 4 is 5.97 Å². The molecule has 0 aliphatic rings. The number of aliphatic hydroxyl groups is 2. The number of carboxylic acid groups (broad SMARTS) is 1. The van der Waals surface area contributed by atoms with E-state index in [-0.39, 0.29) is 0 Å². The maximum absolute atomic E-state index is 10.3. The van der Waals surface area contributed by atoms with Crippen LogP contribution < -0.4 is 0 Å². The number of hydrogen-bond donors (Lipinski definition) is 3. The molecule has 0 heterocycles. The van der Waals surface area contributed by atoms with Gasteiger partial charge in [0, 0.05) is 0 Å². The fourth-order valence-electron chi connectivity index (χ4n) is 0.771. The van der Waals surface area contributed by atoms with Gasteiger partial charge in [-0.25, -0.2) is 4.90 Å². The van der Waals surface area contributed by atoms with Crippen LogP contribution >= 0.6 is 0 Å². The smallest absolute Gasteiger partial charge is 0.317 e. The Kier molecular flexibility index (Phi) is 4.98. The molecule has 0 radical (unpaired) electrons. The van der Waals surface area contributed by atoms with Crippen molar-refractivity contribution in [1.29, 1.82) is 0 Å². The molecule has 0 aromatic carbocycles. The van der Waals surface area contributed by atoms with Gasteiger partial charge in [-0.2, -0.15) is 0 Å². The second-order valence-corrected chi connectivity index (χ2v) is 2.36. The van der Waals surface area contributed by atoms with Crippen LogP contribution in [0.2, 0.25) is 0 Å². The highest BCUT2D eigenvalue weighted by atomic mass is 16.4. The molecule has 0 aliphatic heterocycles. The second-order valence-electron chi connectivity index (χ2n) is 2.36. The molecule has 13 heavy (non-hydrogen) atoms. The van der Waals surface area contributed by atoms with E-state index in [1.165, 1.54) is 0 Å². The first-order chi connectivity index (χ1) is 6.02. The maximum atomic E-state index is 10.3. The third-order valence-corrected chi connectivity index (χ3v) is 1.42. The van der Waals surface area contributed by atoms with E-state index in [0.717, 1.165) is 17.1 Å². The molecule has 0 saturated heterocycles. The average Bonchev–Trinajstić information content (AvgIpc) is 2.11. The number of aliphatic hydroxyl groups excluding tert-OH is 2. The maximum Gasteiger partial charge on any atom is 0.317 e. The van der Waals surface area contributed by atoms with Crippen LogP contribution in [0.15, 0.2) is 25.3 Å². The van der Waals surface area contributed by atoms with Crippen molar-refractivity contribution in [2.24, 2.45) is 0 Å². The van der Waals surface area contributed by atoms with E-state index in [2.05, 4.69) is 13.2 Å². The fourth-order valence-corrected chi connectivity index (χ4v) is 0.771. The molecule has 2 atom stereocenters. The monoisotopic (exact) mass is 187 g/mol. The number of carboxylic acids is 1. The summed E-state index contributed by atoms with van der Waals surface area (Å²) >= 11 is 0. The number of rotatable bonds is 6. The van der Waals surface area contributed by atoms with E-state index in [9.17, 15) is 15.0 Å². The molecule has 3 N–H and O–H groups in total. The zero-order valence-corrected chi connectivity index (χ0v) is 7.13. The molecule has 0 bridgehead atoms. The predicted octanol–water partition coefficient (Wildman–Crippen LogP) is -0.618. The molecule has 0 aromatic rings. The summed E-state index contributed by atoms with van der Waals surface area (Å²) in [6.07, 6.45) is -0.168. The van der Waals surface area contributed by atoms with Crippen molar-refractivity contribution < 1.29 is 20.1 Å². The Morgan fingerprint density at radius 2 is 1.69 bits per heavy atom. The average molecular weight is 187 g/mol. The van der Waals surface area contributed by atoms with Crippen LogP contribution in [0.25, 0.3) is 0 Å². The number of hydrogen-bond acceptors (Lipinski definition) is 4. The normalized spacial score (nSPS) is 15.0. The summed E-state index contributed by atoms with van der Waals surface area (Å²) in [5, 5.41) is 26.8. The van der Waals surface area contributed by atoms with Crippen LogP contribution in [0.5, 0.6) is 0 Å². The topological polar surface area (TPSA) is 81.0 Å². The Morgan fingerprint density at radius 3 is 1.92 bits per heavy atom. The highest BCUT2D eigenvalue weighted by Crippen LogP contribution is 2.03. The number of carbonyl (C=O) groups is 1. The molecular weight excluding hydrogens is 174 g/mol. The molecule has 0 spiro atoms. The first-order valence-corrected chi connectivity index (χ1v) is 3.61. The Labute approximate surface area is 76.2 Å². The highest BCUT2D eigenvalue weighted by molar-refractivity contribution is 5.69. The van der Waals surface area contributed by atoms with Crippen LogP contribution in [0, 0.1) is 0 Å². The summed E-state index contributed by atoms with van der Waals surface area (Å²) in [6, 6.07) is 0. The summed E-state index contributed by atoms with van der Waals surface area (Å²) in [5.41, 5.74) is 0. The van der Waals surface area contributed by atoms with Crippen molar-refractivity contribution in [2.75, 3.05) is 6.54 Å². The minimum Gasteiger partial charge on any atom is -0.480 e. The van der Waals surface area contributed by atoms with E-state index >= 15 is 0 Å². The predicted molar refractivity (Wildman–Crippen MR) is 46.7 cm³/mol. The molecule has 0 rings (SSSR count). The van der Waals surface area contributed by atoms with Gasteiger partial charge in [-0.3, -0.25) is 4.79 Å². The lowest BCUT2D eigenvalue weighted by Gasteiger charge is -2.26. The molecule has 0 saturated carbocycles. The van der Waals surface area contributed by atoms with Gasteiger partial charge in [-0.15, -0.1) is 0 Å². The molecule has 0 amide bonds. The Bertz CT molecular complexity index is 190. The zero-order valence-electron chi connectivity index (χ0n) is 7.13. The molecule has 0 aliphatic carbocycles. The van der Waals surface area contributed by atoms with Gasteiger partial charge in [0.25, 0.3) is 0 Å². The Hall–Kier alpha value is -1.17. The Balaban J connectivity index is 4.43. The molecule has 2 unspecified atom stereocenters. The quantitative estimate of drug-likeness (QED) is 0.381. The highest BCUT2D eigenvalue weighted by Gasteiger charge is 2.21. The van der Waals surface area contributed by atoms with Crippen molar-refractivity contribution in [1.82, 2.24) is 4.90 Å². The lowest BCUT2D eigenvalue weighted by molar-refractivity contribution is -0.145. The van der Waals surface area contributed by atoms with Gasteiger partial charge in [0.15, 0.2) is 0 Å². The summed E-state index contributed by atoms with van der Waals surface area (Å²) in [7, 11) is 0. The van der Waals surface area contributed by atoms with Crippen LogP contribution in [-0.2, 0) is 4.79 Å². The summed E-state index contributed by atoms with van der Waals surface area (Å²) < 4.78 is 0. The molecule has 0 aromatic heterocycles. The van der Waals surface area contributed by atoms with E-state index in [4.69, 9.17) is 5.11 Å². The van der Waals surface area contributed by atoms with Gasteiger partial charge in [-0.1, -0.05) is 13.2 Å². The number of nitrogens with zero attached hydrogens (tertiary/aromatic N) is 1. The van der Waals surface area contributed by atoms with Crippen molar-refractivity contribution in [3.05, 3.63) is 25.3 Å². The molecule has 0 fully saturated rings. The van der Waals surface area contributed by atoms with Crippen LogP contribution in [0.1, 0.15) is 0 Å². The second kappa shape index (κ2) is 5.47. The first kappa shape index (κ1) is 11.8. The Morgan fingerprint density at radius 1 is 1.31 bits per heavy atom. The van der Waals surface area contributed by atoms with E-state index < -0.39 is 25.0 Å². The molecule has 5 nitrogen and oxygen atoms in total. The third-order valence-electron chi connectivity index (χ3n) is 1.42. The summed E-state index contributed by atoms with van der Waals surface area (Å²) in [4.78, 5) is 11.2. The summed E-state index contributed by atoms with van der Waals surface area (Å²) in [5.74, 6) is -1.15. The van der Waals surface area contributed by atoms with Crippen LogP contribution in [-0.4, -0.2) is 45.2 Å². The zero-order chi connectivity index (χ0) is 10.4. The van der Waals surface area contributed by atoms with Crippen molar-refractivity contribution in [2.45, 2.75) is 12.5 Å². The fraction of sp³-hybridized carbons (Fsp3) is 0.375. The minimum absolute atomic E-state index is 0.486. The van der Waals surface area contributed by atoms with E-state index in [1.54, 1.807) is 0 Å². The first-order valence-electron chi connectivity index (χ1n) is 3.61. The lowest BCUT2D eigenvalue weighted by atomic mass is 10.3. The molecule has 5 heteroatoms. The lowest BCUT2D eigenvalue weighted by Crippen LogP contribution is -2.44.